The van der Waals surface area contributed by atoms with Crippen LogP contribution in [0, 0.1) is 0 Å². The number of hydrogen-bond donors (Lipinski definition) is 0. The highest BCUT2D eigenvalue weighted by Crippen LogP contribution is 2.24. The standard InChI is InChI=1S/C17H24N4O5S/c1-4-7-15-18-16(26-19-15)12(2)25-17(22)14-10-13(11-20(14)3)27(23,24)21-8-5-6-9-21/h10-12H,4-9H2,1-3H3. The molecule has 148 valence electrons. The number of sulfonamides is 1. The Kier molecular flexibility index (Phi) is 5.66. The van der Waals surface area contributed by atoms with Gasteiger partial charge in [0.2, 0.25) is 10.0 Å². The topological polar surface area (TPSA) is 108 Å². The van der Waals surface area contributed by atoms with Crippen molar-refractivity contribution in [1.82, 2.24) is 19.0 Å². The third-order valence-corrected chi connectivity index (χ3v) is 6.34. The highest BCUT2D eigenvalue weighted by Gasteiger charge is 2.30. The van der Waals surface area contributed by atoms with E-state index in [0.717, 1.165) is 19.3 Å². The van der Waals surface area contributed by atoms with E-state index in [9.17, 15) is 13.2 Å². The molecule has 0 aliphatic carbocycles. The quantitative estimate of drug-likeness (QED) is 0.659. The van der Waals surface area contributed by atoms with E-state index in [4.69, 9.17) is 9.26 Å². The monoisotopic (exact) mass is 396 g/mol. The van der Waals surface area contributed by atoms with E-state index < -0.39 is 22.1 Å². The summed E-state index contributed by atoms with van der Waals surface area (Å²) in [6.45, 7) is 4.64. The maximum Gasteiger partial charge on any atom is 0.355 e. The molecule has 0 bridgehead atoms. The van der Waals surface area contributed by atoms with Crippen LogP contribution in [0.5, 0.6) is 0 Å². The van der Waals surface area contributed by atoms with Gasteiger partial charge in [-0.15, -0.1) is 0 Å². The van der Waals surface area contributed by atoms with Gasteiger partial charge < -0.3 is 13.8 Å². The van der Waals surface area contributed by atoms with E-state index in [1.807, 2.05) is 6.92 Å². The van der Waals surface area contributed by atoms with Crippen LogP contribution in [0.2, 0.25) is 0 Å². The lowest BCUT2D eigenvalue weighted by Crippen LogP contribution is -2.27. The van der Waals surface area contributed by atoms with Gasteiger partial charge in [0, 0.05) is 32.8 Å². The molecule has 1 atom stereocenters. The number of nitrogens with zero attached hydrogens (tertiary/aromatic N) is 4. The Hall–Kier alpha value is -2.20. The molecule has 0 aromatic carbocycles. The molecule has 2 aromatic rings. The number of carbonyl (C=O) groups excluding carboxylic acids is 1. The van der Waals surface area contributed by atoms with Crippen LogP contribution in [-0.2, 0) is 28.2 Å². The van der Waals surface area contributed by atoms with Crippen LogP contribution >= 0.6 is 0 Å². The maximum absolute atomic E-state index is 12.7. The summed E-state index contributed by atoms with van der Waals surface area (Å²) in [7, 11) is -1.99. The Morgan fingerprint density at radius 1 is 1.37 bits per heavy atom. The summed E-state index contributed by atoms with van der Waals surface area (Å²) in [6, 6.07) is 1.35. The fraction of sp³-hybridized carbons (Fsp3) is 0.588. The maximum atomic E-state index is 12.7. The first-order valence-electron chi connectivity index (χ1n) is 9.03. The van der Waals surface area contributed by atoms with Crippen LogP contribution in [0.3, 0.4) is 0 Å². The van der Waals surface area contributed by atoms with Gasteiger partial charge in [0.25, 0.3) is 5.89 Å². The van der Waals surface area contributed by atoms with Crippen LogP contribution in [0.4, 0.5) is 0 Å². The minimum absolute atomic E-state index is 0.0922. The molecule has 0 spiro atoms. The number of hydrogen-bond acceptors (Lipinski definition) is 7. The summed E-state index contributed by atoms with van der Waals surface area (Å²) in [6.07, 6.45) is 3.96. The van der Waals surface area contributed by atoms with Crippen molar-refractivity contribution < 1.29 is 22.5 Å². The zero-order valence-electron chi connectivity index (χ0n) is 15.7. The summed E-state index contributed by atoms with van der Waals surface area (Å²) >= 11 is 0. The third kappa shape index (κ3) is 4.06. The summed E-state index contributed by atoms with van der Waals surface area (Å²) in [4.78, 5) is 16.8. The first-order chi connectivity index (χ1) is 12.8. The van der Waals surface area contributed by atoms with Crippen molar-refractivity contribution >= 4 is 16.0 Å². The van der Waals surface area contributed by atoms with Crippen molar-refractivity contribution in [1.29, 1.82) is 0 Å². The van der Waals surface area contributed by atoms with Crippen LogP contribution < -0.4 is 0 Å². The van der Waals surface area contributed by atoms with Gasteiger partial charge in [-0.05, 0) is 32.3 Å². The lowest BCUT2D eigenvalue weighted by Gasteiger charge is -2.13. The zero-order valence-corrected chi connectivity index (χ0v) is 16.5. The van der Waals surface area contributed by atoms with Gasteiger partial charge in [-0.3, -0.25) is 0 Å². The number of ether oxygens (including phenoxy) is 1. The average Bonchev–Trinajstić information content (AvgIpc) is 3.35. The molecule has 1 unspecified atom stereocenters. The van der Waals surface area contributed by atoms with Crippen LogP contribution in [-0.4, -0.2) is 46.5 Å². The molecule has 0 amide bonds. The largest absolute Gasteiger partial charge is 0.448 e. The molecule has 3 rings (SSSR count). The minimum Gasteiger partial charge on any atom is -0.448 e. The Bertz CT molecular complexity index is 912. The lowest BCUT2D eigenvalue weighted by molar-refractivity contribution is 0.0254. The Labute approximate surface area is 158 Å². The van der Waals surface area contributed by atoms with Crippen LogP contribution in [0.15, 0.2) is 21.7 Å². The van der Waals surface area contributed by atoms with Gasteiger partial charge in [-0.1, -0.05) is 12.1 Å². The minimum atomic E-state index is -3.59. The van der Waals surface area contributed by atoms with E-state index in [1.54, 1.807) is 14.0 Å². The zero-order chi connectivity index (χ0) is 19.6. The molecule has 1 aliphatic rings. The summed E-state index contributed by atoms with van der Waals surface area (Å²) in [5, 5.41) is 3.84. The van der Waals surface area contributed by atoms with E-state index in [0.29, 0.717) is 25.3 Å². The number of aryl methyl sites for hydroxylation is 2. The Balaban J connectivity index is 1.74. The number of rotatable bonds is 7. The van der Waals surface area contributed by atoms with Crippen LogP contribution in [0.25, 0.3) is 0 Å². The molecule has 0 radical (unpaired) electrons. The van der Waals surface area contributed by atoms with E-state index in [2.05, 4.69) is 10.1 Å². The molecule has 2 aromatic heterocycles. The molecule has 27 heavy (non-hydrogen) atoms. The Morgan fingerprint density at radius 3 is 2.74 bits per heavy atom. The summed E-state index contributed by atoms with van der Waals surface area (Å²) < 4.78 is 38.7. The predicted octanol–water partition coefficient (Wildman–Crippen LogP) is 2.06. The van der Waals surface area contributed by atoms with E-state index in [-0.39, 0.29) is 16.5 Å². The average molecular weight is 396 g/mol. The number of carbonyl (C=O) groups is 1. The fourth-order valence-electron chi connectivity index (χ4n) is 2.98. The molecular weight excluding hydrogens is 372 g/mol. The molecule has 1 fully saturated rings. The lowest BCUT2D eigenvalue weighted by atomic mass is 10.3. The Morgan fingerprint density at radius 2 is 2.07 bits per heavy atom. The highest BCUT2D eigenvalue weighted by molar-refractivity contribution is 7.89. The summed E-state index contributed by atoms with van der Waals surface area (Å²) in [5.74, 6) is 0.127. The molecule has 0 saturated carbocycles. The molecule has 0 N–H and O–H groups in total. The van der Waals surface area contributed by atoms with Crippen LogP contribution in [0.1, 0.15) is 61.4 Å². The van der Waals surface area contributed by atoms with Crippen molar-refractivity contribution in [3.63, 3.8) is 0 Å². The van der Waals surface area contributed by atoms with Gasteiger partial charge in [0.15, 0.2) is 11.9 Å². The first kappa shape index (κ1) is 19.6. The smallest absolute Gasteiger partial charge is 0.355 e. The first-order valence-corrected chi connectivity index (χ1v) is 10.5. The van der Waals surface area contributed by atoms with E-state index >= 15 is 0 Å². The summed E-state index contributed by atoms with van der Waals surface area (Å²) in [5.41, 5.74) is 0.146. The second-order valence-electron chi connectivity index (χ2n) is 6.63. The van der Waals surface area contributed by atoms with Gasteiger partial charge in [-0.2, -0.15) is 9.29 Å². The van der Waals surface area contributed by atoms with Gasteiger partial charge in [0.05, 0.1) is 0 Å². The fourth-order valence-corrected chi connectivity index (χ4v) is 4.57. The number of esters is 1. The second-order valence-corrected chi connectivity index (χ2v) is 8.57. The molecule has 1 saturated heterocycles. The van der Waals surface area contributed by atoms with Crippen molar-refractivity contribution in [3.05, 3.63) is 29.7 Å². The molecule has 10 heteroatoms. The van der Waals surface area contributed by atoms with Crippen molar-refractivity contribution in [3.8, 4) is 0 Å². The molecular formula is C17H24N4O5S. The highest BCUT2D eigenvalue weighted by atomic mass is 32.2. The van der Waals surface area contributed by atoms with Gasteiger partial charge >= 0.3 is 5.97 Å². The normalized spacial score (nSPS) is 16.6. The molecule has 9 nitrogen and oxygen atoms in total. The number of aromatic nitrogens is 3. The second kappa shape index (κ2) is 7.81. The molecule has 3 heterocycles. The SMILES string of the molecule is CCCc1noc(C(C)OC(=O)c2cc(S(=O)(=O)N3CCCC3)cn2C)n1. The molecule has 1 aliphatic heterocycles. The van der Waals surface area contributed by atoms with E-state index in [1.165, 1.54) is 21.1 Å². The van der Waals surface area contributed by atoms with Gasteiger partial charge in [0.1, 0.15) is 10.6 Å². The van der Waals surface area contributed by atoms with Gasteiger partial charge in [-0.25, -0.2) is 13.2 Å². The third-order valence-electron chi connectivity index (χ3n) is 4.48. The van der Waals surface area contributed by atoms with Crippen molar-refractivity contribution in [2.45, 2.75) is 50.5 Å². The van der Waals surface area contributed by atoms with Crippen molar-refractivity contribution in [2.24, 2.45) is 7.05 Å². The predicted molar refractivity (Wildman–Crippen MR) is 95.5 cm³/mol. The van der Waals surface area contributed by atoms with Crippen molar-refractivity contribution in [2.75, 3.05) is 13.1 Å².